The molecule has 25 heavy (non-hydrogen) atoms. The Labute approximate surface area is 148 Å². The molecule has 2 aromatic carbocycles. The zero-order valence-electron chi connectivity index (χ0n) is 14.7. The fourth-order valence-electron chi connectivity index (χ4n) is 3.78. The van der Waals surface area contributed by atoms with E-state index < -0.39 is 0 Å². The average Bonchev–Trinajstić information content (AvgIpc) is 3.14. The van der Waals surface area contributed by atoms with Crippen LogP contribution in [0.5, 0.6) is 0 Å². The first kappa shape index (κ1) is 15.7. The molecule has 3 nitrogen and oxygen atoms in total. The number of para-hydroxylation sites is 1. The Bertz CT molecular complexity index is 966. The standard InChI is InChI=1S/C22H22N2O/c1-3-13-24-15-19(21(22(24)25)16-9-5-4-6-10-16)18-14-23(2)20-12-8-7-11-17(18)20/h4-12,14H,3,13,15H2,1-2H3. The van der Waals surface area contributed by atoms with Gasteiger partial charge in [0.1, 0.15) is 0 Å². The number of rotatable bonds is 4. The van der Waals surface area contributed by atoms with E-state index in [2.05, 4.69) is 49.0 Å². The Morgan fingerprint density at radius 2 is 1.72 bits per heavy atom. The average molecular weight is 330 g/mol. The van der Waals surface area contributed by atoms with Crippen LogP contribution in [0.3, 0.4) is 0 Å². The number of aromatic nitrogens is 1. The van der Waals surface area contributed by atoms with Crippen LogP contribution in [-0.2, 0) is 11.8 Å². The first-order valence-electron chi connectivity index (χ1n) is 8.83. The lowest BCUT2D eigenvalue weighted by atomic mass is 9.96. The fraction of sp³-hybridized carbons (Fsp3) is 0.227. The lowest BCUT2D eigenvalue weighted by Crippen LogP contribution is -2.27. The Morgan fingerprint density at radius 1 is 1.00 bits per heavy atom. The maximum Gasteiger partial charge on any atom is 0.255 e. The van der Waals surface area contributed by atoms with Crippen LogP contribution in [0.2, 0.25) is 0 Å². The van der Waals surface area contributed by atoms with Crippen LogP contribution in [0, 0.1) is 0 Å². The molecule has 0 bridgehead atoms. The molecule has 0 unspecified atom stereocenters. The minimum Gasteiger partial charge on any atom is -0.350 e. The van der Waals surface area contributed by atoms with Gasteiger partial charge in [0.15, 0.2) is 0 Å². The second-order valence-electron chi connectivity index (χ2n) is 6.62. The Hall–Kier alpha value is -2.81. The lowest BCUT2D eigenvalue weighted by Gasteiger charge is -2.15. The van der Waals surface area contributed by atoms with Crippen molar-refractivity contribution in [3.63, 3.8) is 0 Å². The number of fused-ring (bicyclic) bond motifs is 1. The molecule has 0 fully saturated rings. The van der Waals surface area contributed by atoms with Crippen LogP contribution >= 0.6 is 0 Å². The third-order valence-electron chi connectivity index (χ3n) is 4.93. The van der Waals surface area contributed by atoms with E-state index in [0.29, 0.717) is 6.54 Å². The highest BCUT2D eigenvalue weighted by Gasteiger charge is 2.32. The molecule has 3 heteroatoms. The van der Waals surface area contributed by atoms with Gasteiger partial charge in [0.2, 0.25) is 0 Å². The molecular weight excluding hydrogens is 308 g/mol. The summed E-state index contributed by atoms with van der Waals surface area (Å²) in [6, 6.07) is 18.5. The summed E-state index contributed by atoms with van der Waals surface area (Å²) in [6.07, 6.45) is 3.13. The number of carbonyl (C=O) groups is 1. The molecule has 2 heterocycles. The van der Waals surface area contributed by atoms with Crippen molar-refractivity contribution >= 4 is 28.0 Å². The molecule has 1 aliphatic heterocycles. The van der Waals surface area contributed by atoms with Gasteiger partial charge in [-0.15, -0.1) is 0 Å². The van der Waals surface area contributed by atoms with Crippen LogP contribution < -0.4 is 0 Å². The molecule has 3 aromatic rings. The summed E-state index contributed by atoms with van der Waals surface area (Å²) in [6.45, 7) is 3.60. The molecule has 126 valence electrons. The van der Waals surface area contributed by atoms with Crippen molar-refractivity contribution in [3.8, 4) is 0 Å². The zero-order valence-corrected chi connectivity index (χ0v) is 14.7. The number of amides is 1. The van der Waals surface area contributed by atoms with Crippen LogP contribution in [-0.4, -0.2) is 28.5 Å². The van der Waals surface area contributed by atoms with Gasteiger partial charge in [0.05, 0.1) is 5.57 Å². The zero-order chi connectivity index (χ0) is 17.4. The molecule has 1 aromatic heterocycles. The van der Waals surface area contributed by atoms with Crippen LogP contribution in [0.4, 0.5) is 0 Å². The minimum atomic E-state index is 0.149. The largest absolute Gasteiger partial charge is 0.350 e. The molecule has 0 radical (unpaired) electrons. The van der Waals surface area contributed by atoms with Crippen molar-refractivity contribution in [1.29, 1.82) is 0 Å². The highest BCUT2D eigenvalue weighted by atomic mass is 16.2. The normalized spacial score (nSPS) is 14.8. The summed E-state index contributed by atoms with van der Waals surface area (Å²) in [5.41, 5.74) is 5.36. The van der Waals surface area contributed by atoms with Gasteiger partial charge in [0, 0.05) is 42.8 Å². The van der Waals surface area contributed by atoms with Gasteiger partial charge >= 0.3 is 0 Å². The molecule has 0 aliphatic carbocycles. The number of hydrogen-bond acceptors (Lipinski definition) is 1. The quantitative estimate of drug-likeness (QED) is 0.698. The highest BCUT2D eigenvalue weighted by molar-refractivity contribution is 6.31. The smallest absolute Gasteiger partial charge is 0.255 e. The summed E-state index contributed by atoms with van der Waals surface area (Å²) in [5.74, 6) is 0.149. The van der Waals surface area contributed by atoms with Crippen molar-refractivity contribution < 1.29 is 4.79 Å². The predicted molar refractivity (Wildman–Crippen MR) is 103 cm³/mol. The molecule has 0 N–H and O–H groups in total. The second kappa shape index (κ2) is 6.25. The van der Waals surface area contributed by atoms with Gasteiger partial charge in [-0.1, -0.05) is 55.5 Å². The molecular formula is C22H22N2O. The summed E-state index contributed by atoms with van der Waals surface area (Å²) in [5, 5.41) is 1.21. The second-order valence-corrected chi connectivity index (χ2v) is 6.62. The number of nitrogens with zero attached hydrogens (tertiary/aromatic N) is 2. The Balaban J connectivity index is 1.94. The molecule has 0 spiro atoms. The van der Waals surface area contributed by atoms with E-state index in [1.54, 1.807) is 0 Å². The van der Waals surface area contributed by atoms with Crippen molar-refractivity contribution in [2.24, 2.45) is 7.05 Å². The van der Waals surface area contributed by atoms with E-state index in [4.69, 9.17) is 0 Å². The van der Waals surface area contributed by atoms with E-state index in [0.717, 1.165) is 29.7 Å². The molecule has 4 rings (SSSR count). The third kappa shape index (κ3) is 2.56. The first-order valence-corrected chi connectivity index (χ1v) is 8.83. The third-order valence-corrected chi connectivity index (χ3v) is 4.93. The molecule has 1 aliphatic rings. The molecule has 0 saturated carbocycles. The monoisotopic (exact) mass is 330 g/mol. The van der Waals surface area contributed by atoms with Crippen LogP contribution in [0.25, 0.3) is 22.0 Å². The van der Waals surface area contributed by atoms with Gasteiger partial charge in [0.25, 0.3) is 5.91 Å². The minimum absolute atomic E-state index is 0.149. The van der Waals surface area contributed by atoms with Crippen molar-refractivity contribution in [3.05, 3.63) is 71.9 Å². The first-order chi connectivity index (χ1) is 12.2. The van der Waals surface area contributed by atoms with Gasteiger partial charge in [-0.3, -0.25) is 4.79 Å². The summed E-state index contributed by atoms with van der Waals surface area (Å²) in [7, 11) is 2.06. The summed E-state index contributed by atoms with van der Waals surface area (Å²) < 4.78 is 2.15. The van der Waals surface area contributed by atoms with Gasteiger partial charge < -0.3 is 9.47 Å². The Kier molecular flexibility index (Phi) is 3.92. The van der Waals surface area contributed by atoms with E-state index in [9.17, 15) is 4.79 Å². The SMILES string of the molecule is CCCN1CC(c2cn(C)c3ccccc23)=C(c2ccccc2)C1=O. The lowest BCUT2D eigenvalue weighted by molar-refractivity contribution is -0.123. The maximum absolute atomic E-state index is 13.1. The molecule has 0 atom stereocenters. The van der Waals surface area contributed by atoms with Gasteiger partial charge in [-0.05, 0) is 23.6 Å². The molecule has 0 saturated heterocycles. The molecule has 1 amide bonds. The van der Waals surface area contributed by atoms with Gasteiger partial charge in [-0.2, -0.15) is 0 Å². The number of carbonyl (C=O) groups excluding carboxylic acids is 1. The fourth-order valence-corrected chi connectivity index (χ4v) is 3.78. The predicted octanol–water partition coefficient (Wildman–Crippen LogP) is 4.34. The Morgan fingerprint density at radius 3 is 2.48 bits per heavy atom. The number of benzene rings is 2. The number of aryl methyl sites for hydroxylation is 1. The van der Waals surface area contributed by atoms with E-state index in [1.165, 1.54) is 16.5 Å². The van der Waals surface area contributed by atoms with Crippen LogP contribution in [0.15, 0.2) is 60.8 Å². The van der Waals surface area contributed by atoms with Crippen LogP contribution in [0.1, 0.15) is 24.5 Å². The van der Waals surface area contributed by atoms with Gasteiger partial charge in [-0.25, -0.2) is 0 Å². The maximum atomic E-state index is 13.1. The van der Waals surface area contributed by atoms with Crippen molar-refractivity contribution in [1.82, 2.24) is 9.47 Å². The van der Waals surface area contributed by atoms with E-state index in [-0.39, 0.29) is 5.91 Å². The number of hydrogen-bond donors (Lipinski definition) is 0. The summed E-state index contributed by atoms with van der Waals surface area (Å²) >= 11 is 0. The summed E-state index contributed by atoms with van der Waals surface area (Å²) in [4.78, 5) is 15.1. The van der Waals surface area contributed by atoms with Crippen molar-refractivity contribution in [2.75, 3.05) is 13.1 Å². The topological polar surface area (TPSA) is 25.2 Å². The van der Waals surface area contributed by atoms with E-state index >= 15 is 0 Å². The highest BCUT2D eigenvalue weighted by Crippen LogP contribution is 2.38. The van der Waals surface area contributed by atoms with Crippen molar-refractivity contribution in [2.45, 2.75) is 13.3 Å². The van der Waals surface area contributed by atoms with E-state index in [1.807, 2.05) is 35.2 Å².